The highest BCUT2D eigenvalue weighted by Gasteiger charge is 2.14. The number of benzene rings is 2. The lowest BCUT2D eigenvalue weighted by atomic mass is 10.1. The van der Waals surface area contributed by atoms with E-state index in [1.54, 1.807) is 18.2 Å². The summed E-state index contributed by atoms with van der Waals surface area (Å²) in [6.45, 7) is 0. The van der Waals surface area contributed by atoms with Gasteiger partial charge < -0.3 is 4.42 Å². The molecule has 0 amide bonds. The fourth-order valence-corrected chi connectivity index (χ4v) is 4.25. The standard InChI is InChI=1S/C22H11ClIN3O3S/c23-19-10-16(27(28)29)5-7-18(19)21-8-6-17(30-21)9-14(11-25)22-26-20(12-31-22)13-1-3-15(24)4-2-13/h1-10,12H. The average Bonchev–Trinajstić information content (AvgIpc) is 3.42. The van der Waals surface area contributed by atoms with Crippen LogP contribution in [-0.2, 0) is 0 Å². The number of hydrogen-bond donors (Lipinski definition) is 0. The Hall–Kier alpha value is -3.00. The van der Waals surface area contributed by atoms with Gasteiger partial charge in [-0.15, -0.1) is 11.3 Å². The van der Waals surface area contributed by atoms with Gasteiger partial charge in [0, 0.05) is 38.3 Å². The number of halogens is 2. The van der Waals surface area contributed by atoms with Gasteiger partial charge in [-0.25, -0.2) is 4.98 Å². The van der Waals surface area contributed by atoms with E-state index in [4.69, 9.17) is 16.0 Å². The zero-order valence-corrected chi connectivity index (χ0v) is 19.3. The van der Waals surface area contributed by atoms with E-state index in [1.807, 2.05) is 29.6 Å². The molecule has 4 aromatic rings. The van der Waals surface area contributed by atoms with Crippen molar-refractivity contribution in [1.82, 2.24) is 4.98 Å². The molecule has 4 rings (SSSR count). The lowest BCUT2D eigenvalue weighted by Gasteiger charge is -2.00. The Morgan fingerprint density at radius 3 is 2.68 bits per heavy atom. The highest BCUT2D eigenvalue weighted by atomic mass is 127. The largest absolute Gasteiger partial charge is 0.457 e. The highest BCUT2D eigenvalue weighted by Crippen LogP contribution is 2.33. The number of hydrogen-bond acceptors (Lipinski definition) is 6. The summed E-state index contributed by atoms with van der Waals surface area (Å²) < 4.78 is 6.94. The molecule has 2 aromatic heterocycles. The molecule has 0 aliphatic heterocycles. The van der Waals surface area contributed by atoms with Gasteiger partial charge in [0.1, 0.15) is 22.6 Å². The Kier molecular flexibility index (Phi) is 6.18. The van der Waals surface area contributed by atoms with Gasteiger partial charge >= 0.3 is 0 Å². The zero-order chi connectivity index (χ0) is 22.0. The minimum Gasteiger partial charge on any atom is -0.457 e. The number of non-ortho nitro benzene ring substituents is 1. The molecule has 0 unspecified atom stereocenters. The van der Waals surface area contributed by atoms with Crippen LogP contribution < -0.4 is 0 Å². The van der Waals surface area contributed by atoms with Gasteiger partial charge in [-0.1, -0.05) is 23.7 Å². The predicted octanol–water partition coefficient (Wildman–Crippen LogP) is 7.30. The van der Waals surface area contributed by atoms with Crippen molar-refractivity contribution in [3.8, 4) is 28.7 Å². The van der Waals surface area contributed by atoms with Gasteiger partial charge in [-0.05, 0) is 52.9 Å². The summed E-state index contributed by atoms with van der Waals surface area (Å²) in [5.41, 5.74) is 2.58. The van der Waals surface area contributed by atoms with Crippen LogP contribution in [0.25, 0.3) is 34.2 Å². The maximum Gasteiger partial charge on any atom is 0.270 e. The van der Waals surface area contributed by atoms with E-state index in [2.05, 4.69) is 33.6 Å². The first kappa shape index (κ1) is 21.2. The van der Waals surface area contributed by atoms with Crippen LogP contribution in [0.5, 0.6) is 0 Å². The molecule has 0 aliphatic rings. The number of rotatable bonds is 5. The van der Waals surface area contributed by atoms with Gasteiger partial charge in [0.2, 0.25) is 0 Å². The van der Waals surface area contributed by atoms with Crippen LogP contribution in [-0.4, -0.2) is 9.91 Å². The second-order valence-electron chi connectivity index (χ2n) is 6.34. The zero-order valence-electron chi connectivity index (χ0n) is 15.6. The second-order valence-corrected chi connectivity index (χ2v) is 8.85. The summed E-state index contributed by atoms with van der Waals surface area (Å²) >= 11 is 9.80. The van der Waals surface area contributed by atoms with Gasteiger partial charge in [-0.3, -0.25) is 10.1 Å². The van der Waals surface area contributed by atoms with E-state index >= 15 is 0 Å². The first-order valence-corrected chi connectivity index (χ1v) is 11.2. The SMILES string of the molecule is N#CC(=Cc1ccc(-c2ccc([N+](=O)[O-])cc2Cl)o1)c1nc(-c2ccc(I)cc2)cs1. The Morgan fingerprint density at radius 2 is 2.00 bits per heavy atom. The molecule has 31 heavy (non-hydrogen) atoms. The van der Waals surface area contributed by atoms with Crippen LogP contribution in [0, 0.1) is 25.0 Å². The Balaban J connectivity index is 1.62. The lowest BCUT2D eigenvalue weighted by Crippen LogP contribution is -1.88. The van der Waals surface area contributed by atoms with Crippen LogP contribution in [0.15, 0.2) is 64.4 Å². The number of allylic oxidation sites excluding steroid dienone is 1. The number of nitro benzene ring substituents is 1. The topological polar surface area (TPSA) is 93.0 Å². The van der Waals surface area contributed by atoms with E-state index in [1.165, 1.54) is 29.5 Å². The molecule has 0 aliphatic carbocycles. The van der Waals surface area contributed by atoms with Gasteiger partial charge in [0.05, 0.1) is 21.2 Å². The van der Waals surface area contributed by atoms with Crippen LogP contribution in [0.1, 0.15) is 10.8 Å². The summed E-state index contributed by atoms with van der Waals surface area (Å²) in [7, 11) is 0. The molecule has 6 nitrogen and oxygen atoms in total. The van der Waals surface area contributed by atoms with Crippen molar-refractivity contribution in [2.45, 2.75) is 0 Å². The normalized spacial score (nSPS) is 11.3. The number of thiazole rings is 1. The minimum atomic E-state index is -0.510. The third-order valence-corrected chi connectivity index (χ3v) is 6.24. The molecule has 0 N–H and O–H groups in total. The first-order chi connectivity index (χ1) is 14.9. The number of nitro groups is 1. The molecule has 0 bridgehead atoms. The molecule has 0 fully saturated rings. The maximum atomic E-state index is 10.9. The number of nitrogens with zero attached hydrogens (tertiary/aromatic N) is 3. The van der Waals surface area contributed by atoms with E-state index in [0.29, 0.717) is 27.7 Å². The third-order valence-electron chi connectivity index (χ3n) is 4.34. The van der Waals surface area contributed by atoms with Crippen molar-refractivity contribution in [1.29, 1.82) is 5.26 Å². The Labute approximate surface area is 199 Å². The van der Waals surface area contributed by atoms with Crippen LogP contribution in [0.4, 0.5) is 5.69 Å². The molecule has 0 atom stereocenters. The van der Waals surface area contributed by atoms with Crippen LogP contribution in [0.3, 0.4) is 0 Å². The molecule has 2 aromatic carbocycles. The Morgan fingerprint density at radius 1 is 1.23 bits per heavy atom. The fourth-order valence-electron chi connectivity index (χ4n) is 2.83. The molecular weight excluding hydrogens is 549 g/mol. The van der Waals surface area contributed by atoms with Gasteiger partial charge in [-0.2, -0.15) is 5.26 Å². The van der Waals surface area contributed by atoms with E-state index in [0.717, 1.165) is 14.8 Å². The molecule has 0 saturated heterocycles. The lowest BCUT2D eigenvalue weighted by molar-refractivity contribution is -0.384. The van der Waals surface area contributed by atoms with Gasteiger partial charge in [0.25, 0.3) is 5.69 Å². The smallest absolute Gasteiger partial charge is 0.270 e. The number of furan rings is 1. The Bertz CT molecular complexity index is 1350. The fraction of sp³-hybridized carbons (Fsp3) is 0. The van der Waals surface area contributed by atoms with E-state index < -0.39 is 4.92 Å². The second kappa shape index (κ2) is 9.01. The van der Waals surface area contributed by atoms with Gasteiger partial charge in [0.15, 0.2) is 0 Å². The van der Waals surface area contributed by atoms with Crippen LogP contribution >= 0.6 is 45.5 Å². The summed E-state index contributed by atoms with van der Waals surface area (Å²) in [6.07, 6.45) is 1.61. The molecule has 152 valence electrons. The minimum absolute atomic E-state index is 0.0973. The molecule has 2 heterocycles. The maximum absolute atomic E-state index is 10.9. The highest BCUT2D eigenvalue weighted by molar-refractivity contribution is 14.1. The average molecular weight is 560 g/mol. The number of nitriles is 1. The number of aromatic nitrogens is 1. The first-order valence-electron chi connectivity index (χ1n) is 8.82. The van der Waals surface area contributed by atoms with Crippen molar-refractivity contribution < 1.29 is 9.34 Å². The molecule has 0 saturated carbocycles. The van der Waals surface area contributed by atoms with E-state index in [-0.39, 0.29) is 10.7 Å². The third kappa shape index (κ3) is 4.69. The summed E-state index contributed by atoms with van der Waals surface area (Å²) in [5, 5.41) is 23.2. The molecular formula is C22H11ClIN3O3S. The molecule has 9 heteroatoms. The van der Waals surface area contributed by atoms with E-state index in [9.17, 15) is 15.4 Å². The quantitative estimate of drug-likeness (QED) is 0.111. The van der Waals surface area contributed by atoms with Crippen molar-refractivity contribution in [2.75, 3.05) is 0 Å². The summed E-state index contributed by atoms with van der Waals surface area (Å²) in [5.74, 6) is 0.897. The summed E-state index contributed by atoms with van der Waals surface area (Å²) in [4.78, 5) is 15.0. The van der Waals surface area contributed by atoms with Crippen LogP contribution in [0.2, 0.25) is 5.02 Å². The van der Waals surface area contributed by atoms with Crippen molar-refractivity contribution >= 4 is 62.9 Å². The van der Waals surface area contributed by atoms with Crippen molar-refractivity contribution in [3.05, 3.63) is 89.5 Å². The predicted molar refractivity (Wildman–Crippen MR) is 130 cm³/mol. The molecule has 0 spiro atoms. The monoisotopic (exact) mass is 559 g/mol. The van der Waals surface area contributed by atoms with Crippen molar-refractivity contribution in [2.24, 2.45) is 0 Å². The molecule has 0 radical (unpaired) electrons. The van der Waals surface area contributed by atoms with Crippen molar-refractivity contribution in [3.63, 3.8) is 0 Å². The summed E-state index contributed by atoms with van der Waals surface area (Å²) in [6, 6.07) is 17.7.